The Bertz CT molecular complexity index is 435. The number of amides is 1. The molecule has 1 saturated heterocycles. The molecule has 5 heteroatoms. The summed E-state index contributed by atoms with van der Waals surface area (Å²) in [5, 5.41) is 3.04. The quantitative estimate of drug-likeness (QED) is 0.809. The molecular formula is C17H28ClN3O. The van der Waals surface area contributed by atoms with Crippen LogP contribution in [0.1, 0.15) is 44.2 Å². The van der Waals surface area contributed by atoms with E-state index >= 15 is 0 Å². The number of nitrogens with two attached hydrogens (primary N) is 1. The van der Waals surface area contributed by atoms with Gasteiger partial charge >= 0.3 is 0 Å². The Hall–Kier alpha value is -1.10. The van der Waals surface area contributed by atoms with E-state index in [1.54, 1.807) is 0 Å². The summed E-state index contributed by atoms with van der Waals surface area (Å²) < 4.78 is 0. The monoisotopic (exact) mass is 325 g/mol. The van der Waals surface area contributed by atoms with E-state index in [2.05, 4.69) is 34.5 Å². The van der Waals surface area contributed by atoms with E-state index in [9.17, 15) is 4.79 Å². The van der Waals surface area contributed by atoms with E-state index in [1.807, 2.05) is 13.0 Å². The molecule has 2 rings (SSSR count). The predicted octanol–water partition coefficient (Wildman–Crippen LogP) is 2.49. The Morgan fingerprint density at radius 1 is 1.27 bits per heavy atom. The number of nitrogens with zero attached hydrogens (tertiary/aromatic N) is 1. The third-order valence-electron chi connectivity index (χ3n) is 4.17. The Morgan fingerprint density at radius 3 is 2.50 bits per heavy atom. The fraction of sp³-hybridized carbons (Fsp3) is 0.588. The summed E-state index contributed by atoms with van der Waals surface area (Å²) in [6.45, 7) is 4.90. The van der Waals surface area contributed by atoms with Crippen LogP contribution in [0.5, 0.6) is 0 Å². The van der Waals surface area contributed by atoms with Gasteiger partial charge in [0.2, 0.25) is 5.91 Å². The van der Waals surface area contributed by atoms with Crippen molar-refractivity contribution in [1.29, 1.82) is 0 Å². The van der Waals surface area contributed by atoms with Crippen LogP contribution in [-0.4, -0.2) is 36.5 Å². The second kappa shape index (κ2) is 9.82. The number of carbonyl (C=O) groups excluding carboxylic acids is 1. The summed E-state index contributed by atoms with van der Waals surface area (Å²) in [4.78, 5) is 14.5. The molecule has 2 unspecified atom stereocenters. The molecule has 0 bridgehead atoms. The van der Waals surface area contributed by atoms with Gasteiger partial charge in [0, 0.05) is 6.54 Å². The molecule has 1 amide bonds. The van der Waals surface area contributed by atoms with Crippen molar-refractivity contribution in [2.45, 2.75) is 44.7 Å². The van der Waals surface area contributed by atoms with Gasteiger partial charge in [0.05, 0.1) is 12.1 Å². The van der Waals surface area contributed by atoms with Gasteiger partial charge in [-0.05, 0) is 37.9 Å². The van der Waals surface area contributed by atoms with Crippen LogP contribution in [0.2, 0.25) is 0 Å². The smallest absolute Gasteiger partial charge is 0.236 e. The zero-order valence-electron chi connectivity index (χ0n) is 13.3. The summed E-state index contributed by atoms with van der Waals surface area (Å²) in [7, 11) is 0. The molecule has 0 radical (unpaired) electrons. The summed E-state index contributed by atoms with van der Waals surface area (Å²) in [5.74, 6) is -0.0306. The highest BCUT2D eigenvalue weighted by Crippen LogP contribution is 2.24. The Labute approximate surface area is 139 Å². The lowest BCUT2D eigenvalue weighted by atomic mass is 10.1. The normalized spacial score (nSPS) is 17.5. The minimum absolute atomic E-state index is 0. The number of carbonyl (C=O) groups is 1. The average Bonchev–Trinajstić information content (AvgIpc) is 3.03. The molecule has 2 atom stereocenters. The van der Waals surface area contributed by atoms with Gasteiger partial charge in [-0.25, -0.2) is 0 Å². The van der Waals surface area contributed by atoms with Crippen molar-refractivity contribution in [2.75, 3.05) is 19.6 Å². The summed E-state index contributed by atoms with van der Waals surface area (Å²) >= 11 is 0. The van der Waals surface area contributed by atoms with Crippen molar-refractivity contribution < 1.29 is 4.79 Å². The first kappa shape index (κ1) is 18.9. The maximum Gasteiger partial charge on any atom is 0.236 e. The zero-order chi connectivity index (χ0) is 15.1. The van der Waals surface area contributed by atoms with Gasteiger partial charge in [0.25, 0.3) is 0 Å². The lowest BCUT2D eigenvalue weighted by Crippen LogP contribution is -2.44. The lowest BCUT2D eigenvalue weighted by molar-refractivity contribution is -0.122. The summed E-state index contributed by atoms with van der Waals surface area (Å²) in [5.41, 5.74) is 7.15. The van der Waals surface area contributed by atoms with Crippen molar-refractivity contribution in [2.24, 2.45) is 5.73 Å². The number of nitrogens with one attached hydrogen (secondary N) is 1. The Morgan fingerprint density at radius 2 is 1.91 bits per heavy atom. The molecule has 0 saturated carbocycles. The zero-order valence-corrected chi connectivity index (χ0v) is 14.1. The number of hydrogen-bond donors (Lipinski definition) is 2. The highest BCUT2D eigenvalue weighted by atomic mass is 35.5. The van der Waals surface area contributed by atoms with E-state index in [0.717, 1.165) is 25.9 Å². The van der Waals surface area contributed by atoms with Gasteiger partial charge in [0.1, 0.15) is 0 Å². The minimum atomic E-state index is -0.384. The SMILES string of the molecule is CCCC(N)C(=O)NCC(c1ccccc1)N1CCCC1.Cl. The molecule has 4 nitrogen and oxygen atoms in total. The van der Waals surface area contributed by atoms with Crippen LogP contribution in [0.4, 0.5) is 0 Å². The van der Waals surface area contributed by atoms with Crippen LogP contribution < -0.4 is 11.1 Å². The summed E-state index contributed by atoms with van der Waals surface area (Å²) in [6, 6.07) is 10.3. The van der Waals surface area contributed by atoms with E-state index < -0.39 is 0 Å². The predicted molar refractivity (Wildman–Crippen MR) is 93.1 cm³/mol. The van der Waals surface area contributed by atoms with Crippen LogP contribution in [0.15, 0.2) is 30.3 Å². The van der Waals surface area contributed by atoms with E-state index in [-0.39, 0.29) is 30.4 Å². The molecule has 1 aliphatic heterocycles. The molecule has 1 aromatic carbocycles. The molecule has 124 valence electrons. The molecule has 22 heavy (non-hydrogen) atoms. The van der Waals surface area contributed by atoms with Gasteiger partial charge in [-0.1, -0.05) is 43.7 Å². The lowest BCUT2D eigenvalue weighted by Gasteiger charge is -2.28. The maximum absolute atomic E-state index is 12.0. The van der Waals surface area contributed by atoms with Crippen molar-refractivity contribution >= 4 is 18.3 Å². The largest absolute Gasteiger partial charge is 0.353 e. The van der Waals surface area contributed by atoms with Crippen LogP contribution in [0, 0.1) is 0 Å². The molecule has 1 aromatic rings. The number of rotatable bonds is 7. The Balaban J connectivity index is 0.00000242. The fourth-order valence-electron chi connectivity index (χ4n) is 2.96. The second-order valence-corrected chi connectivity index (χ2v) is 5.81. The first-order chi connectivity index (χ1) is 10.2. The minimum Gasteiger partial charge on any atom is -0.353 e. The van der Waals surface area contributed by atoms with E-state index in [4.69, 9.17) is 5.73 Å². The molecule has 1 fully saturated rings. The van der Waals surface area contributed by atoms with Crippen molar-refractivity contribution in [3.63, 3.8) is 0 Å². The first-order valence-electron chi connectivity index (χ1n) is 8.04. The van der Waals surface area contributed by atoms with Crippen molar-refractivity contribution in [3.05, 3.63) is 35.9 Å². The van der Waals surface area contributed by atoms with Crippen molar-refractivity contribution in [3.8, 4) is 0 Å². The van der Waals surface area contributed by atoms with Gasteiger partial charge in [-0.15, -0.1) is 12.4 Å². The van der Waals surface area contributed by atoms with Crippen LogP contribution in [0.3, 0.4) is 0 Å². The number of hydrogen-bond acceptors (Lipinski definition) is 3. The molecule has 1 aliphatic rings. The number of halogens is 1. The first-order valence-corrected chi connectivity index (χ1v) is 8.04. The average molecular weight is 326 g/mol. The maximum atomic E-state index is 12.0. The third kappa shape index (κ3) is 5.27. The highest BCUT2D eigenvalue weighted by molar-refractivity contribution is 5.85. The topological polar surface area (TPSA) is 58.4 Å². The fourth-order valence-corrected chi connectivity index (χ4v) is 2.96. The van der Waals surface area contributed by atoms with Gasteiger partial charge < -0.3 is 11.1 Å². The summed E-state index contributed by atoms with van der Waals surface area (Å²) in [6.07, 6.45) is 4.16. The molecule has 0 spiro atoms. The molecule has 0 aromatic heterocycles. The van der Waals surface area contributed by atoms with E-state index in [0.29, 0.717) is 6.54 Å². The second-order valence-electron chi connectivity index (χ2n) is 5.81. The van der Waals surface area contributed by atoms with Crippen LogP contribution in [0.25, 0.3) is 0 Å². The Kier molecular flexibility index (Phi) is 8.46. The standard InChI is InChI=1S/C17H27N3O.ClH/c1-2-8-15(18)17(21)19-13-16(20-11-6-7-12-20)14-9-4-3-5-10-14;/h3-5,9-10,15-16H,2,6-8,11-13,18H2,1H3,(H,19,21);1H. The highest BCUT2D eigenvalue weighted by Gasteiger charge is 2.24. The van der Waals surface area contributed by atoms with Gasteiger partial charge in [0.15, 0.2) is 0 Å². The van der Waals surface area contributed by atoms with Crippen molar-refractivity contribution in [1.82, 2.24) is 10.2 Å². The molecule has 0 aliphatic carbocycles. The molecule has 3 N–H and O–H groups in total. The molecule has 1 heterocycles. The van der Waals surface area contributed by atoms with Gasteiger partial charge in [-0.3, -0.25) is 9.69 Å². The number of likely N-dealkylation sites (tertiary alicyclic amines) is 1. The van der Waals surface area contributed by atoms with Crippen LogP contribution in [-0.2, 0) is 4.79 Å². The van der Waals surface area contributed by atoms with E-state index in [1.165, 1.54) is 18.4 Å². The number of benzene rings is 1. The third-order valence-corrected chi connectivity index (χ3v) is 4.17. The molecular weight excluding hydrogens is 298 g/mol. The van der Waals surface area contributed by atoms with Gasteiger partial charge in [-0.2, -0.15) is 0 Å². The van der Waals surface area contributed by atoms with Crippen LogP contribution >= 0.6 is 12.4 Å².